The molecule has 6 N–H and O–H groups in total. The number of hydrogen-bond acceptors (Lipinski definition) is 6. The van der Waals surface area contributed by atoms with Crippen LogP contribution in [0.2, 0.25) is 0 Å². The van der Waals surface area contributed by atoms with Gasteiger partial charge in [0, 0.05) is 12.2 Å². The molecule has 1 atom stereocenters. The van der Waals surface area contributed by atoms with E-state index < -0.39 is 5.54 Å². The monoisotopic (exact) mass is 361 g/mol. The highest BCUT2D eigenvalue weighted by molar-refractivity contribution is 5.78. The van der Waals surface area contributed by atoms with Crippen molar-refractivity contribution in [3.63, 3.8) is 0 Å². The third kappa shape index (κ3) is 2.35. The van der Waals surface area contributed by atoms with Crippen LogP contribution >= 0.6 is 0 Å². The van der Waals surface area contributed by atoms with Crippen LogP contribution in [0.3, 0.4) is 0 Å². The first-order valence-corrected chi connectivity index (χ1v) is 9.24. The zero-order valence-electron chi connectivity index (χ0n) is 15.5. The molecule has 7 nitrogen and oxygen atoms in total. The maximum atomic E-state index is 5.89. The SMILES string of the molecule is Cc1cc2nc(C3(c4ccc(N)cn4)NNC4=C3CCNC4)[nH]c2cc1C. The molecule has 138 valence electrons. The van der Waals surface area contributed by atoms with Crippen LogP contribution in [0.4, 0.5) is 5.69 Å². The Labute approximate surface area is 157 Å². The Bertz CT molecular complexity index is 1020. The number of aromatic nitrogens is 3. The van der Waals surface area contributed by atoms with Gasteiger partial charge in [0.25, 0.3) is 0 Å². The van der Waals surface area contributed by atoms with Crippen molar-refractivity contribution in [3.05, 3.63) is 64.4 Å². The molecular weight excluding hydrogens is 338 g/mol. The van der Waals surface area contributed by atoms with Crippen LogP contribution < -0.4 is 21.9 Å². The molecule has 0 saturated heterocycles. The quantitative estimate of drug-likeness (QED) is 0.476. The average molecular weight is 361 g/mol. The first-order chi connectivity index (χ1) is 13.1. The third-order valence-electron chi connectivity index (χ3n) is 5.69. The second kappa shape index (κ2) is 5.80. The fourth-order valence-corrected chi connectivity index (χ4v) is 4.08. The van der Waals surface area contributed by atoms with Gasteiger partial charge in [-0.15, -0.1) is 0 Å². The first-order valence-electron chi connectivity index (χ1n) is 9.24. The molecule has 2 aromatic heterocycles. The molecule has 27 heavy (non-hydrogen) atoms. The molecule has 7 heteroatoms. The van der Waals surface area contributed by atoms with Crippen LogP contribution in [0.25, 0.3) is 11.0 Å². The number of anilines is 1. The molecule has 0 spiro atoms. The van der Waals surface area contributed by atoms with Gasteiger partial charge in [-0.05, 0) is 67.8 Å². The van der Waals surface area contributed by atoms with Crippen LogP contribution in [-0.4, -0.2) is 28.0 Å². The predicted molar refractivity (Wildman–Crippen MR) is 106 cm³/mol. The smallest absolute Gasteiger partial charge is 0.159 e. The number of aryl methyl sites for hydroxylation is 2. The number of hydrogen-bond donors (Lipinski definition) is 5. The lowest BCUT2D eigenvalue weighted by atomic mass is 9.82. The van der Waals surface area contributed by atoms with Crippen molar-refractivity contribution in [1.82, 2.24) is 31.1 Å². The molecular formula is C20H23N7. The average Bonchev–Trinajstić information content (AvgIpc) is 3.25. The maximum Gasteiger partial charge on any atom is 0.159 e. The Morgan fingerprint density at radius 2 is 2.00 bits per heavy atom. The van der Waals surface area contributed by atoms with Crippen LogP contribution in [0.1, 0.15) is 29.1 Å². The summed E-state index contributed by atoms with van der Waals surface area (Å²) in [6, 6.07) is 8.16. The molecule has 0 aliphatic carbocycles. The molecule has 2 aliphatic rings. The number of fused-ring (bicyclic) bond motifs is 1. The first kappa shape index (κ1) is 16.3. The third-order valence-corrected chi connectivity index (χ3v) is 5.69. The summed E-state index contributed by atoms with van der Waals surface area (Å²) in [5, 5.41) is 3.42. The van der Waals surface area contributed by atoms with E-state index in [2.05, 4.69) is 52.1 Å². The molecule has 0 saturated carbocycles. The number of H-pyrrole nitrogens is 1. The van der Waals surface area contributed by atoms with Gasteiger partial charge in [0.05, 0.1) is 28.6 Å². The van der Waals surface area contributed by atoms with Crippen LogP contribution in [0, 0.1) is 13.8 Å². The van der Waals surface area contributed by atoms with Gasteiger partial charge in [-0.2, -0.15) is 0 Å². The molecule has 0 amide bonds. The Hall–Kier alpha value is -2.90. The molecule has 2 aliphatic heterocycles. The highest BCUT2D eigenvalue weighted by Crippen LogP contribution is 2.41. The van der Waals surface area contributed by atoms with Crippen molar-refractivity contribution in [1.29, 1.82) is 0 Å². The van der Waals surface area contributed by atoms with Gasteiger partial charge in [-0.25, -0.2) is 10.4 Å². The Morgan fingerprint density at radius 3 is 2.81 bits per heavy atom. The van der Waals surface area contributed by atoms with Crippen LogP contribution in [0.5, 0.6) is 0 Å². The number of nitrogens with zero attached hydrogens (tertiary/aromatic N) is 2. The number of rotatable bonds is 2. The Kier molecular flexibility index (Phi) is 3.50. The van der Waals surface area contributed by atoms with E-state index in [4.69, 9.17) is 10.7 Å². The van der Waals surface area contributed by atoms with Gasteiger partial charge in [-0.1, -0.05) is 0 Å². The summed E-state index contributed by atoms with van der Waals surface area (Å²) < 4.78 is 0. The van der Waals surface area contributed by atoms with Crippen molar-refractivity contribution >= 4 is 16.7 Å². The minimum absolute atomic E-state index is 0.633. The van der Waals surface area contributed by atoms with E-state index in [0.717, 1.165) is 47.8 Å². The van der Waals surface area contributed by atoms with Gasteiger partial charge >= 0.3 is 0 Å². The number of nitrogen functional groups attached to an aromatic ring is 1. The molecule has 3 aromatic rings. The van der Waals surface area contributed by atoms with E-state index in [1.54, 1.807) is 6.20 Å². The second-order valence-corrected chi connectivity index (χ2v) is 7.40. The summed E-state index contributed by atoms with van der Waals surface area (Å²) in [7, 11) is 0. The molecule has 0 fully saturated rings. The molecule has 5 rings (SSSR count). The molecule has 1 aromatic carbocycles. The second-order valence-electron chi connectivity index (χ2n) is 7.40. The zero-order chi connectivity index (χ0) is 18.6. The van der Waals surface area contributed by atoms with Crippen molar-refractivity contribution in [2.75, 3.05) is 18.8 Å². The van der Waals surface area contributed by atoms with Crippen LogP contribution in [-0.2, 0) is 5.54 Å². The topological polar surface area (TPSA) is 104 Å². The van der Waals surface area contributed by atoms with Crippen molar-refractivity contribution < 1.29 is 0 Å². The van der Waals surface area contributed by atoms with Gasteiger partial charge in [0.1, 0.15) is 5.82 Å². The van der Waals surface area contributed by atoms with Crippen molar-refractivity contribution in [2.24, 2.45) is 0 Å². The van der Waals surface area contributed by atoms with E-state index in [9.17, 15) is 0 Å². The lowest BCUT2D eigenvalue weighted by Crippen LogP contribution is -2.46. The van der Waals surface area contributed by atoms with E-state index in [1.807, 2.05) is 12.1 Å². The Morgan fingerprint density at radius 1 is 1.15 bits per heavy atom. The van der Waals surface area contributed by atoms with Crippen molar-refractivity contribution in [3.8, 4) is 0 Å². The fourth-order valence-electron chi connectivity index (χ4n) is 4.08. The molecule has 0 radical (unpaired) electrons. The number of hydrazine groups is 1. The summed E-state index contributed by atoms with van der Waals surface area (Å²) in [6.07, 6.45) is 2.62. The van der Waals surface area contributed by atoms with E-state index in [-0.39, 0.29) is 0 Å². The molecule has 0 bridgehead atoms. The highest BCUT2D eigenvalue weighted by Gasteiger charge is 2.48. The number of nitrogens with one attached hydrogen (secondary N) is 4. The summed E-state index contributed by atoms with van der Waals surface area (Å²) >= 11 is 0. The Balaban J connectivity index is 1.76. The number of pyridine rings is 1. The number of benzene rings is 1. The van der Waals surface area contributed by atoms with Gasteiger partial charge < -0.3 is 21.5 Å². The minimum atomic E-state index is -0.633. The normalized spacial score (nSPS) is 22.1. The van der Waals surface area contributed by atoms with Gasteiger partial charge in [-0.3, -0.25) is 4.98 Å². The largest absolute Gasteiger partial charge is 0.397 e. The number of aromatic amines is 1. The van der Waals surface area contributed by atoms with Gasteiger partial charge in [0.15, 0.2) is 5.54 Å². The summed E-state index contributed by atoms with van der Waals surface area (Å²) in [5.41, 5.74) is 20.6. The van der Waals surface area contributed by atoms with E-state index in [1.165, 1.54) is 16.7 Å². The lowest BCUT2D eigenvalue weighted by molar-refractivity contribution is 0.430. The highest BCUT2D eigenvalue weighted by atomic mass is 15.4. The zero-order valence-corrected chi connectivity index (χ0v) is 15.5. The molecule has 4 heterocycles. The lowest BCUT2D eigenvalue weighted by Gasteiger charge is -2.30. The minimum Gasteiger partial charge on any atom is -0.397 e. The standard InChI is InChI=1S/C20H23N7/c1-11-7-15-16(8-12(11)2)25-19(24-15)20(18-4-3-13(21)9-23-18)14-5-6-22-10-17(14)26-27-20/h3-4,7-9,22,26-27H,5-6,10,21H2,1-2H3,(H,24,25). The fraction of sp³-hybridized carbons (Fsp3) is 0.300. The number of imidazole rings is 1. The van der Waals surface area contributed by atoms with E-state index in [0.29, 0.717) is 5.69 Å². The van der Waals surface area contributed by atoms with Crippen molar-refractivity contribution in [2.45, 2.75) is 25.8 Å². The molecule has 1 unspecified atom stereocenters. The summed E-state index contributed by atoms with van der Waals surface area (Å²) in [4.78, 5) is 13.2. The number of nitrogens with two attached hydrogens (primary N) is 1. The van der Waals surface area contributed by atoms with Gasteiger partial charge in [0.2, 0.25) is 0 Å². The van der Waals surface area contributed by atoms with E-state index >= 15 is 0 Å². The maximum absolute atomic E-state index is 5.89. The summed E-state index contributed by atoms with van der Waals surface area (Å²) in [6.45, 7) is 5.97. The summed E-state index contributed by atoms with van der Waals surface area (Å²) in [5.74, 6) is 0.846. The van der Waals surface area contributed by atoms with Crippen LogP contribution in [0.15, 0.2) is 41.7 Å². The predicted octanol–water partition coefficient (Wildman–Crippen LogP) is 1.76.